The maximum absolute atomic E-state index is 5.90. The fraction of sp³-hybridized carbons (Fsp3) is 0.278. The van der Waals surface area contributed by atoms with Crippen molar-refractivity contribution in [3.8, 4) is 17.2 Å². The van der Waals surface area contributed by atoms with Gasteiger partial charge in [0.2, 0.25) is 0 Å². The van der Waals surface area contributed by atoms with Gasteiger partial charge in [-0.3, -0.25) is 0 Å². The van der Waals surface area contributed by atoms with Crippen LogP contribution in [-0.2, 0) is 0 Å². The molecule has 4 nitrogen and oxygen atoms in total. The van der Waals surface area contributed by atoms with Crippen LogP contribution in [0, 0.1) is 6.92 Å². The number of nitrogens with zero attached hydrogens (tertiary/aromatic N) is 2. The van der Waals surface area contributed by atoms with Crippen LogP contribution in [0.3, 0.4) is 0 Å². The molecule has 22 heavy (non-hydrogen) atoms. The molecule has 0 unspecified atom stereocenters. The molecular formula is C18H22N2O2. The maximum Gasteiger partial charge on any atom is 0.169 e. The lowest BCUT2D eigenvalue weighted by molar-refractivity contribution is 0.379. The first kappa shape index (κ1) is 15.9. The molecule has 0 radical (unpaired) electrons. The summed E-state index contributed by atoms with van der Waals surface area (Å²) in [5.74, 6) is 2.14. The minimum atomic E-state index is 0.667. The number of aliphatic imine (C=N–C) groups is 1. The van der Waals surface area contributed by atoms with E-state index in [2.05, 4.69) is 11.9 Å². The first-order valence-corrected chi connectivity index (χ1v) is 7.30. The predicted octanol–water partition coefficient (Wildman–Crippen LogP) is 4.41. The van der Waals surface area contributed by atoms with Gasteiger partial charge in [-0.05, 0) is 37.6 Å². The van der Waals surface area contributed by atoms with E-state index in [1.54, 1.807) is 7.11 Å². The Balaban J connectivity index is 2.29. The van der Waals surface area contributed by atoms with Gasteiger partial charge in [-0.1, -0.05) is 18.2 Å². The minimum Gasteiger partial charge on any atom is -0.493 e. The summed E-state index contributed by atoms with van der Waals surface area (Å²) in [6.07, 6.45) is 1.82. The Hall–Kier alpha value is -2.49. The largest absolute Gasteiger partial charge is 0.493 e. The van der Waals surface area contributed by atoms with Gasteiger partial charge in [0.1, 0.15) is 5.75 Å². The molecule has 0 amide bonds. The zero-order valence-electron chi connectivity index (χ0n) is 13.5. The van der Waals surface area contributed by atoms with Crippen molar-refractivity contribution in [2.24, 2.45) is 4.99 Å². The molecule has 0 aliphatic rings. The summed E-state index contributed by atoms with van der Waals surface area (Å²) >= 11 is 0. The van der Waals surface area contributed by atoms with E-state index >= 15 is 0 Å². The average Bonchev–Trinajstić information content (AvgIpc) is 2.54. The molecule has 0 fully saturated rings. The van der Waals surface area contributed by atoms with E-state index in [1.165, 1.54) is 0 Å². The Kier molecular flexibility index (Phi) is 5.42. The van der Waals surface area contributed by atoms with E-state index in [4.69, 9.17) is 9.47 Å². The molecule has 0 aromatic heterocycles. The van der Waals surface area contributed by atoms with Crippen molar-refractivity contribution in [1.29, 1.82) is 0 Å². The van der Waals surface area contributed by atoms with Crippen LogP contribution in [0.2, 0.25) is 0 Å². The fourth-order valence-electron chi connectivity index (χ4n) is 1.89. The van der Waals surface area contributed by atoms with Crippen LogP contribution in [0.5, 0.6) is 17.2 Å². The van der Waals surface area contributed by atoms with Gasteiger partial charge in [-0.2, -0.15) is 0 Å². The number of para-hydroxylation sites is 1. The number of hydrogen-bond acceptors (Lipinski definition) is 3. The van der Waals surface area contributed by atoms with Gasteiger partial charge in [0.05, 0.1) is 19.1 Å². The molecule has 4 heteroatoms. The highest BCUT2D eigenvalue weighted by Crippen LogP contribution is 2.37. The Labute approximate surface area is 132 Å². The van der Waals surface area contributed by atoms with Crippen LogP contribution in [0.1, 0.15) is 12.5 Å². The van der Waals surface area contributed by atoms with E-state index < -0.39 is 0 Å². The topological polar surface area (TPSA) is 34.1 Å². The van der Waals surface area contributed by atoms with Crippen molar-refractivity contribution in [3.63, 3.8) is 0 Å². The van der Waals surface area contributed by atoms with Crippen LogP contribution in [0.4, 0.5) is 5.69 Å². The highest BCUT2D eigenvalue weighted by Gasteiger charge is 2.10. The Morgan fingerprint density at radius 1 is 1.14 bits per heavy atom. The summed E-state index contributed by atoms with van der Waals surface area (Å²) in [5.41, 5.74) is 1.91. The number of ether oxygens (including phenoxy) is 2. The summed E-state index contributed by atoms with van der Waals surface area (Å²) < 4.78 is 11.3. The Bertz CT molecular complexity index is 639. The summed E-state index contributed by atoms with van der Waals surface area (Å²) in [6.45, 7) is 5.00. The molecule has 116 valence electrons. The molecule has 0 saturated heterocycles. The monoisotopic (exact) mass is 298 g/mol. The Morgan fingerprint density at radius 3 is 2.50 bits per heavy atom. The van der Waals surface area contributed by atoms with Gasteiger partial charge in [0.25, 0.3) is 0 Å². The van der Waals surface area contributed by atoms with Crippen LogP contribution in [0.15, 0.2) is 47.5 Å². The lowest BCUT2D eigenvalue weighted by atomic mass is 10.2. The maximum atomic E-state index is 5.90. The predicted molar refractivity (Wildman–Crippen MR) is 90.7 cm³/mol. The van der Waals surface area contributed by atoms with E-state index in [9.17, 15) is 0 Å². The normalized spacial score (nSPS) is 10.7. The summed E-state index contributed by atoms with van der Waals surface area (Å²) in [7, 11) is 3.62. The Morgan fingerprint density at radius 2 is 1.86 bits per heavy atom. The highest BCUT2D eigenvalue weighted by atomic mass is 16.5. The zero-order valence-corrected chi connectivity index (χ0v) is 13.5. The minimum absolute atomic E-state index is 0.667. The third-order valence-corrected chi connectivity index (χ3v) is 3.35. The first-order chi connectivity index (χ1) is 10.6. The van der Waals surface area contributed by atoms with Crippen molar-refractivity contribution < 1.29 is 9.47 Å². The summed E-state index contributed by atoms with van der Waals surface area (Å²) in [6, 6.07) is 13.5. The third kappa shape index (κ3) is 4.01. The first-order valence-electron chi connectivity index (χ1n) is 7.30. The SMILES string of the molecule is CCN(C)C=Nc1cc(OC)c(Oc2ccccc2)cc1C. The molecular weight excluding hydrogens is 276 g/mol. The summed E-state index contributed by atoms with van der Waals surface area (Å²) in [5, 5.41) is 0. The number of aryl methyl sites for hydroxylation is 1. The smallest absolute Gasteiger partial charge is 0.169 e. The van der Waals surface area contributed by atoms with Crippen molar-refractivity contribution in [3.05, 3.63) is 48.0 Å². The van der Waals surface area contributed by atoms with Crippen LogP contribution in [-0.4, -0.2) is 31.9 Å². The number of methoxy groups -OCH3 is 1. The lowest BCUT2D eigenvalue weighted by Gasteiger charge is -2.13. The molecule has 0 aliphatic carbocycles. The van der Waals surface area contributed by atoms with Crippen molar-refractivity contribution in [1.82, 2.24) is 4.90 Å². The zero-order chi connectivity index (χ0) is 15.9. The molecule has 2 rings (SSSR count). The molecule has 2 aromatic rings. The number of rotatable bonds is 6. The van der Waals surface area contributed by atoms with Crippen molar-refractivity contribution in [2.75, 3.05) is 20.7 Å². The molecule has 2 aromatic carbocycles. The van der Waals surface area contributed by atoms with Gasteiger partial charge >= 0.3 is 0 Å². The van der Waals surface area contributed by atoms with Crippen molar-refractivity contribution >= 4 is 12.0 Å². The van der Waals surface area contributed by atoms with Crippen LogP contribution in [0.25, 0.3) is 0 Å². The molecule has 0 heterocycles. The van der Waals surface area contributed by atoms with E-state index in [0.29, 0.717) is 11.5 Å². The van der Waals surface area contributed by atoms with E-state index in [-0.39, 0.29) is 0 Å². The average molecular weight is 298 g/mol. The van der Waals surface area contributed by atoms with Crippen molar-refractivity contribution in [2.45, 2.75) is 13.8 Å². The molecule has 0 N–H and O–H groups in total. The van der Waals surface area contributed by atoms with E-state index in [0.717, 1.165) is 23.5 Å². The highest BCUT2D eigenvalue weighted by molar-refractivity contribution is 5.66. The van der Waals surface area contributed by atoms with Crippen LogP contribution >= 0.6 is 0 Å². The van der Waals surface area contributed by atoms with Gasteiger partial charge in [0, 0.05) is 19.7 Å². The second kappa shape index (κ2) is 7.50. The quantitative estimate of drug-likeness (QED) is 0.585. The molecule has 0 atom stereocenters. The fourth-order valence-corrected chi connectivity index (χ4v) is 1.89. The second-order valence-corrected chi connectivity index (χ2v) is 5.02. The van der Waals surface area contributed by atoms with Crippen LogP contribution < -0.4 is 9.47 Å². The summed E-state index contributed by atoms with van der Waals surface area (Å²) in [4.78, 5) is 6.51. The molecule has 0 aliphatic heterocycles. The molecule has 0 bridgehead atoms. The van der Waals surface area contributed by atoms with Gasteiger partial charge < -0.3 is 14.4 Å². The third-order valence-electron chi connectivity index (χ3n) is 3.35. The van der Waals surface area contributed by atoms with Gasteiger partial charge in [-0.25, -0.2) is 4.99 Å². The number of benzene rings is 2. The molecule has 0 saturated carbocycles. The molecule has 0 spiro atoms. The number of hydrogen-bond donors (Lipinski definition) is 0. The second-order valence-electron chi connectivity index (χ2n) is 5.02. The van der Waals surface area contributed by atoms with E-state index in [1.807, 2.05) is 67.7 Å². The van der Waals surface area contributed by atoms with Gasteiger partial charge in [0.15, 0.2) is 11.5 Å². The lowest BCUT2D eigenvalue weighted by Crippen LogP contribution is -2.14. The van der Waals surface area contributed by atoms with Gasteiger partial charge in [-0.15, -0.1) is 0 Å². The standard InChI is InChI=1S/C18H22N2O2/c1-5-20(3)13-19-16-12-17(21-4)18(11-14(16)2)22-15-9-7-6-8-10-15/h6-13H,5H2,1-4H3.